The van der Waals surface area contributed by atoms with E-state index in [0.717, 1.165) is 31.4 Å². The fraction of sp³-hybridized carbons (Fsp3) is 0.529. The van der Waals surface area contributed by atoms with Crippen LogP contribution in [0.4, 0.5) is 18.9 Å². The largest absolute Gasteiger partial charge is 0.416 e. The minimum atomic E-state index is -4.47. The summed E-state index contributed by atoms with van der Waals surface area (Å²) in [6.07, 6.45) is -0.379. The molecule has 25 heavy (non-hydrogen) atoms. The minimum absolute atomic E-state index is 0.113. The summed E-state index contributed by atoms with van der Waals surface area (Å²) in [5.74, 6) is -0.306. The maximum Gasteiger partial charge on any atom is 0.416 e. The van der Waals surface area contributed by atoms with Crippen molar-refractivity contribution in [1.29, 1.82) is 5.26 Å². The average Bonchev–Trinajstić information content (AvgIpc) is 2.59. The van der Waals surface area contributed by atoms with E-state index in [2.05, 4.69) is 11.4 Å². The number of hydrogen-bond donors (Lipinski definition) is 1. The Morgan fingerprint density at radius 2 is 2.00 bits per heavy atom. The highest BCUT2D eigenvalue weighted by Gasteiger charge is 2.38. The lowest BCUT2D eigenvalue weighted by Gasteiger charge is -2.39. The molecule has 136 valence electrons. The standard InChI is InChI=1S/C17H19ClF3N3O/c1-24(16(11-22)7-3-2-4-8-16)15(25)10-23-14-6-5-12(9-13(14)18)17(19,20)21/h5-6,9,23H,2-4,7-8,10H2,1H3. The third-order valence-corrected chi connectivity index (χ3v) is 4.94. The van der Waals surface area contributed by atoms with Crippen molar-refractivity contribution in [1.82, 2.24) is 4.90 Å². The second kappa shape index (κ2) is 7.52. The van der Waals surface area contributed by atoms with Crippen molar-refractivity contribution < 1.29 is 18.0 Å². The molecule has 0 heterocycles. The second-order valence-corrected chi connectivity index (χ2v) is 6.61. The zero-order valence-electron chi connectivity index (χ0n) is 13.8. The van der Waals surface area contributed by atoms with Crippen LogP contribution in [0.15, 0.2) is 18.2 Å². The van der Waals surface area contributed by atoms with E-state index in [0.29, 0.717) is 12.8 Å². The Balaban J connectivity index is 2.03. The Hall–Kier alpha value is -1.94. The lowest BCUT2D eigenvalue weighted by Crippen LogP contribution is -2.51. The number of carbonyl (C=O) groups excluding carboxylic acids is 1. The van der Waals surface area contributed by atoms with Gasteiger partial charge in [0.15, 0.2) is 0 Å². The maximum absolute atomic E-state index is 12.6. The number of alkyl halides is 3. The molecule has 1 aromatic rings. The lowest BCUT2D eigenvalue weighted by atomic mass is 9.81. The number of rotatable bonds is 4. The summed E-state index contributed by atoms with van der Waals surface area (Å²) in [6, 6.07) is 5.17. The maximum atomic E-state index is 12.6. The second-order valence-electron chi connectivity index (χ2n) is 6.20. The van der Waals surface area contributed by atoms with E-state index in [1.54, 1.807) is 7.05 Å². The van der Waals surface area contributed by atoms with Crippen molar-refractivity contribution in [2.24, 2.45) is 0 Å². The molecular weight excluding hydrogens is 355 g/mol. The van der Waals surface area contributed by atoms with Gasteiger partial charge in [0, 0.05) is 7.05 Å². The number of halogens is 4. The van der Waals surface area contributed by atoms with Crippen LogP contribution in [0.5, 0.6) is 0 Å². The molecule has 1 amide bonds. The summed E-state index contributed by atoms with van der Waals surface area (Å²) >= 11 is 5.86. The number of carbonyl (C=O) groups is 1. The molecule has 0 aromatic heterocycles. The van der Waals surface area contributed by atoms with Gasteiger partial charge in [-0.1, -0.05) is 30.9 Å². The number of anilines is 1. The van der Waals surface area contributed by atoms with Crippen LogP contribution in [0.2, 0.25) is 5.02 Å². The van der Waals surface area contributed by atoms with Gasteiger partial charge in [0.25, 0.3) is 0 Å². The Labute approximate surface area is 149 Å². The van der Waals surface area contributed by atoms with Crippen molar-refractivity contribution in [2.45, 2.75) is 43.8 Å². The third kappa shape index (κ3) is 4.37. The number of likely N-dealkylation sites (N-methyl/N-ethyl adjacent to an activating group) is 1. The first-order valence-corrected chi connectivity index (χ1v) is 8.36. The van der Waals surface area contributed by atoms with Gasteiger partial charge in [-0.2, -0.15) is 18.4 Å². The zero-order chi connectivity index (χ0) is 18.7. The van der Waals surface area contributed by atoms with Crippen molar-refractivity contribution in [3.8, 4) is 6.07 Å². The van der Waals surface area contributed by atoms with Crippen LogP contribution in [-0.2, 0) is 11.0 Å². The molecule has 1 aliphatic carbocycles. The fourth-order valence-corrected chi connectivity index (χ4v) is 3.27. The fourth-order valence-electron chi connectivity index (χ4n) is 3.02. The van der Waals surface area contributed by atoms with Gasteiger partial charge in [0.2, 0.25) is 5.91 Å². The Bertz CT molecular complexity index is 679. The van der Waals surface area contributed by atoms with E-state index in [-0.39, 0.29) is 23.2 Å². The molecular formula is C17H19ClF3N3O. The van der Waals surface area contributed by atoms with E-state index in [4.69, 9.17) is 11.6 Å². The average molecular weight is 374 g/mol. The molecule has 4 nitrogen and oxygen atoms in total. The molecule has 0 saturated heterocycles. The van der Waals surface area contributed by atoms with Crippen LogP contribution in [0.25, 0.3) is 0 Å². The number of nitrogens with one attached hydrogen (secondary N) is 1. The molecule has 0 aliphatic heterocycles. The van der Waals surface area contributed by atoms with Crippen LogP contribution in [0.3, 0.4) is 0 Å². The van der Waals surface area contributed by atoms with Crippen LogP contribution in [0.1, 0.15) is 37.7 Å². The molecule has 1 saturated carbocycles. The first kappa shape index (κ1) is 19.4. The predicted molar refractivity (Wildman–Crippen MR) is 89.1 cm³/mol. The van der Waals surface area contributed by atoms with Gasteiger partial charge >= 0.3 is 6.18 Å². The Kier molecular flexibility index (Phi) is 5.83. The summed E-state index contributed by atoms with van der Waals surface area (Å²) in [5, 5.41) is 12.1. The van der Waals surface area contributed by atoms with Crippen molar-refractivity contribution in [2.75, 3.05) is 18.9 Å². The van der Waals surface area contributed by atoms with Crippen molar-refractivity contribution >= 4 is 23.2 Å². The monoisotopic (exact) mass is 373 g/mol. The number of benzene rings is 1. The minimum Gasteiger partial charge on any atom is -0.375 e. The normalized spacial score (nSPS) is 16.8. The molecule has 0 atom stereocenters. The third-order valence-electron chi connectivity index (χ3n) is 4.63. The van der Waals surface area contributed by atoms with Gasteiger partial charge in [-0.15, -0.1) is 0 Å². The zero-order valence-corrected chi connectivity index (χ0v) is 14.5. The molecule has 0 radical (unpaired) electrons. The van der Waals surface area contributed by atoms with E-state index in [9.17, 15) is 23.2 Å². The first-order chi connectivity index (χ1) is 11.7. The van der Waals surface area contributed by atoms with Crippen LogP contribution < -0.4 is 5.32 Å². The molecule has 0 unspecified atom stereocenters. The summed E-state index contributed by atoms with van der Waals surface area (Å²) in [4.78, 5) is 13.8. The number of amides is 1. The number of nitrogens with zero attached hydrogens (tertiary/aromatic N) is 2. The summed E-state index contributed by atoms with van der Waals surface area (Å²) < 4.78 is 37.9. The van der Waals surface area contributed by atoms with Crippen molar-refractivity contribution in [3.05, 3.63) is 28.8 Å². The molecule has 1 fully saturated rings. The lowest BCUT2D eigenvalue weighted by molar-refractivity contribution is -0.137. The summed E-state index contributed by atoms with van der Waals surface area (Å²) in [5.41, 5.74) is -1.41. The summed E-state index contributed by atoms with van der Waals surface area (Å²) in [7, 11) is 1.59. The molecule has 1 aliphatic rings. The van der Waals surface area contributed by atoms with E-state index in [1.807, 2.05) is 0 Å². The van der Waals surface area contributed by atoms with Gasteiger partial charge < -0.3 is 10.2 Å². The topological polar surface area (TPSA) is 56.1 Å². The smallest absolute Gasteiger partial charge is 0.375 e. The summed E-state index contributed by atoms with van der Waals surface area (Å²) in [6.45, 7) is -0.148. The molecule has 1 N–H and O–H groups in total. The van der Waals surface area contributed by atoms with Crippen LogP contribution in [-0.4, -0.2) is 29.9 Å². The quantitative estimate of drug-likeness (QED) is 0.848. The van der Waals surface area contributed by atoms with E-state index >= 15 is 0 Å². The Morgan fingerprint density at radius 1 is 1.36 bits per heavy atom. The van der Waals surface area contributed by atoms with Crippen molar-refractivity contribution in [3.63, 3.8) is 0 Å². The van der Waals surface area contributed by atoms with Gasteiger partial charge in [-0.05, 0) is 31.0 Å². The Morgan fingerprint density at radius 3 is 2.52 bits per heavy atom. The molecule has 1 aromatic carbocycles. The van der Waals surface area contributed by atoms with Gasteiger partial charge in [-0.3, -0.25) is 4.79 Å². The van der Waals surface area contributed by atoms with Gasteiger partial charge in [0.05, 0.1) is 28.9 Å². The predicted octanol–water partition coefficient (Wildman–Crippen LogP) is 4.46. The van der Waals surface area contributed by atoms with E-state index in [1.165, 1.54) is 11.0 Å². The van der Waals surface area contributed by atoms with Gasteiger partial charge in [-0.25, -0.2) is 0 Å². The van der Waals surface area contributed by atoms with Gasteiger partial charge in [0.1, 0.15) is 5.54 Å². The highest BCUT2D eigenvalue weighted by Crippen LogP contribution is 2.34. The molecule has 0 bridgehead atoms. The van der Waals surface area contributed by atoms with Crippen LogP contribution >= 0.6 is 11.6 Å². The number of nitriles is 1. The van der Waals surface area contributed by atoms with E-state index < -0.39 is 17.3 Å². The molecule has 2 rings (SSSR count). The SMILES string of the molecule is CN(C(=O)CNc1ccc(C(F)(F)F)cc1Cl)C1(C#N)CCCCC1. The molecule has 8 heteroatoms. The highest BCUT2D eigenvalue weighted by atomic mass is 35.5. The number of hydrogen-bond acceptors (Lipinski definition) is 3. The first-order valence-electron chi connectivity index (χ1n) is 7.98. The van der Waals surface area contributed by atoms with Crippen LogP contribution in [0, 0.1) is 11.3 Å². The highest BCUT2D eigenvalue weighted by molar-refractivity contribution is 6.33. The molecule has 0 spiro atoms.